The fourth-order valence-corrected chi connectivity index (χ4v) is 2.07. The minimum Gasteiger partial charge on any atom is -0.372 e. The Bertz CT molecular complexity index is 580. The quantitative estimate of drug-likeness (QED) is 0.831. The maximum absolute atomic E-state index is 13.4. The van der Waals surface area contributed by atoms with Gasteiger partial charge in [0, 0.05) is 6.54 Å². The lowest BCUT2D eigenvalue weighted by Gasteiger charge is -2.15. The summed E-state index contributed by atoms with van der Waals surface area (Å²) in [6.07, 6.45) is 0.0219. The van der Waals surface area contributed by atoms with Crippen molar-refractivity contribution in [2.24, 2.45) is 0 Å². The number of hydrogen-bond acceptors (Lipinski definition) is 4. The van der Waals surface area contributed by atoms with Gasteiger partial charge in [-0.3, -0.25) is 14.5 Å². The van der Waals surface area contributed by atoms with Gasteiger partial charge in [0.25, 0.3) is 5.91 Å². The Morgan fingerprint density at radius 2 is 2.26 bits per heavy atom. The third-order valence-corrected chi connectivity index (χ3v) is 3.02. The summed E-state index contributed by atoms with van der Waals surface area (Å²) in [7, 11) is 0. The molecule has 98 valence electrons. The molecule has 1 fully saturated rings. The molecule has 1 heterocycles. The predicted octanol–water partition coefficient (Wildman–Crippen LogP) is 1.26. The number of anilines is 1. The van der Waals surface area contributed by atoms with E-state index in [1.54, 1.807) is 13.0 Å². The molecule has 0 saturated carbocycles. The summed E-state index contributed by atoms with van der Waals surface area (Å²) in [4.78, 5) is 24.6. The first-order chi connectivity index (χ1) is 9.08. The molecule has 1 aromatic carbocycles. The first kappa shape index (κ1) is 13.0. The van der Waals surface area contributed by atoms with Crippen LogP contribution in [0, 0.1) is 17.1 Å². The lowest BCUT2D eigenvalue weighted by atomic mass is 10.1. The zero-order chi connectivity index (χ0) is 14.0. The largest absolute Gasteiger partial charge is 0.372 e. The Morgan fingerprint density at radius 3 is 2.84 bits per heavy atom. The molecule has 5 nitrogen and oxygen atoms in total. The van der Waals surface area contributed by atoms with Gasteiger partial charge in [0.1, 0.15) is 23.5 Å². The minimum absolute atomic E-state index is 0.0219. The molecule has 6 heteroatoms. The van der Waals surface area contributed by atoms with Crippen molar-refractivity contribution in [3.63, 3.8) is 0 Å². The van der Waals surface area contributed by atoms with Crippen molar-refractivity contribution in [2.45, 2.75) is 19.4 Å². The Morgan fingerprint density at radius 1 is 1.53 bits per heavy atom. The van der Waals surface area contributed by atoms with Crippen LogP contribution in [0.15, 0.2) is 18.2 Å². The SMILES string of the molecule is CCN1C(=O)CC(Nc2cccc(F)c2C#N)C1=O. The normalized spacial score (nSPS) is 18.6. The van der Waals surface area contributed by atoms with E-state index in [4.69, 9.17) is 5.26 Å². The summed E-state index contributed by atoms with van der Waals surface area (Å²) >= 11 is 0. The molecule has 19 heavy (non-hydrogen) atoms. The van der Waals surface area contributed by atoms with Crippen molar-refractivity contribution in [1.29, 1.82) is 5.26 Å². The summed E-state index contributed by atoms with van der Waals surface area (Å²) in [5, 5.41) is 11.7. The van der Waals surface area contributed by atoms with E-state index >= 15 is 0 Å². The second kappa shape index (κ2) is 5.06. The van der Waals surface area contributed by atoms with Crippen LogP contribution in [0.4, 0.5) is 10.1 Å². The Balaban J connectivity index is 2.24. The number of nitrogens with zero attached hydrogens (tertiary/aromatic N) is 2. The number of amides is 2. The number of likely N-dealkylation sites (N-methyl/N-ethyl adjacent to an activating group) is 1. The summed E-state index contributed by atoms with van der Waals surface area (Å²) < 4.78 is 13.4. The molecule has 1 aromatic rings. The third-order valence-electron chi connectivity index (χ3n) is 3.02. The Labute approximate surface area is 109 Å². The minimum atomic E-state index is -0.735. The van der Waals surface area contributed by atoms with Gasteiger partial charge in [0.2, 0.25) is 5.91 Å². The molecule has 0 aromatic heterocycles. The van der Waals surface area contributed by atoms with Crippen molar-refractivity contribution in [2.75, 3.05) is 11.9 Å². The second-order valence-corrected chi connectivity index (χ2v) is 4.15. The molecule has 1 aliphatic heterocycles. The molecular formula is C13H12FN3O2. The molecule has 2 rings (SSSR count). The van der Waals surface area contributed by atoms with Crippen LogP contribution in [-0.2, 0) is 9.59 Å². The summed E-state index contributed by atoms with van der Waals surface area (Å²) in [5.41, 5.74) is 0.0734. The molecule has 0 aliphatic carbocycles. The molecule has 1 aliphatic rings. The summed E-state index contributed by atoms with van der Waals surface area (Å²) in [6.45, 7) is 2.02. The number of rotatable bonds is 3. The predicted molar refractivity (Wildman–Crippen MR) is 65.5 cm³/mol. The molecule has 1 saturated heterocycles. The van der Waals surface area contributed by atoms with E-state index < -0.39 is 11.9 Å². The number of likely N-dealkylation sites (tertiary alicyclic amines) is 1. The first-order valence-corrected chi connectivity index (χ1v) is 5.87. The molecule has 0 spiro atoms. The lowest BCUT2D eigenvalue weighted by Crippen LogP contribution is -2.34. The molecule has 0 radical (unpaired) electrons. The maximum atomic E-state index is 13.4. The smallest absolute Gasteiger partial charge is 0.252 e. The molecule has 2 amide bonds. The Hall–Kier alpha value is -2.42. The fraction of sp³-hybridized carbons (Fsp3) is 0.308. The zero-order valence-corrected chi connectivity index (χ0v) is 10.3. The van der Waals surface area contributed by atoms with Crippen LogP contribution in [-0.4, -0.2) is 29.3 Å². The van der Waals surface area contributed by atoms with Gasteiger partial charge in [-0.05, 0) is 19.1 Å². The third kappa shape index (κ3) is 2.27. The zero-order valence-electron chi connectivity index (χ0n) is 10.3. The van der Waals surface area contributed by atoms with E-state index in [9.17, 15) is 14.0 Å². The number of imide groups is 1. The summed E-state index contributed by atoms with van der Waals surface area (Å²) in [6, 6.07) is 5.13. The van der Waals surface area contributed by atoms with E-state index in [1.807, 2.05) is 0 Å². The molecule has 1 N–H and O–H groups in total. The van der Waals surface area contributed by atoms with Crippen molar-refractivity contribution in [3.05, 3.63) is 29.6 Å². The highest BCUT2D eigenvalue weighted by molar-refractivity contribution is 6.06. The van der Waals surface area contributed by atoms with Crippen molar-refractivity contribution in [1.82, 2.24) is 4.90 Å². The maximum Gasteiger partial charge on any atom is 0.252 e. The highest BCUT2D eigenvalue weighted by Gasteiger charge is 2.37. The van der Waals surface area contributed by atoms with Gasteiger partial charge in [-0.15, -0.1) is 0 Å². The topological polar surface area (TPSA) is 73.2 Å². The van der Waals surface area contributed by atoms with E-state index in [2.05, 4.69) is 5.32 Å². The van der Waals surface area contributed by atoms with Crippen molar-refractivity contribution >= 4 is 17.5 Å². The van der Waals surface area contributed by atoms with Crippen molar-refractivity contribution < 1.29 is 14.0 Å². The number of carbonyl (C=O) groups excluding carboxylic acids is 2. The average Bonchev–Trinajstić information content (AvgIpc) is 2.64. The van der Waals surface area contributed by atoms with E-state index in [0.29, 0.717) is 6.54 Å². The van der Waals surface area contributed by atoms with Crippen LogP contribution in [0.25, 0.3) is 0 Å². The molecule has 1 atom stereocenters. The van der Waals surface area contributed by atoms with Gasteiger partial charge in [-0.25, -0.2) is 4.39 Å². The lowest BCUT2D eigenvalue weighted by molar-refractivity contribution is -0.138. The van der Waals surface area contributed by atoms with Crippen LogP contribution >= 0.6 is 0 Å². The van der Waals surface area contributed by atoms with Crippen LogP contribution in [0.1, 0.15) is 18.9 Å². The van der Waals surface area contributed by atoms with Crippen LogP contribution in [0.3, 0.4) is 0 Å². The van der Waals surface area contributed by atoms with E-state index in [1.165, 1.54) is 18.2 Å². The number of hydrogen-bond donors (Lipinski definition) is 1. The highest BCUT2D eigenvalue weighted by Crippen LogP contribution is 2.22. The average molecular weight is 261 g/mol. The van der Waals surface area contributed by atoms with Crippen LogP contribution < -0.4 is 5.32 Å². The fourth-order valence-electron chi connectivity index (χ4n) is 2.07. The summed E-state index contributed by atoms with van der Waals surface area (Å²) in [5.74, 6) is -1.27. The van der Waals surface area contributed by atoms with Gasteiger partial charge >= 0.3 is 0 Å². The standard InChI is InChI=1S/C13H12FN3O2/c1-2-17-12(18)6-11(13(17)19)16-10-5-3-4-9(14)8(10)7-15/h3-5,11,16H,2,6H2,1H3. The van der Waals surface area contributed by atoms with Gasteiger partial charge < -0.3 is 5.32 Å². The number of nitrogens with one attached hydrogen (secondary N) is 1. The number of carbonyl (C=O) groups is 2. The molecule has 1 unspecified atom stereocenters. The number of benzene rings is 1. The highest BCUT2D eigenvalue weighted by atomic mass is 19.1. The van der Waals surface area contributed by atoms with Gasteiger partial charge in [0.05, 0.1) is 12.1 Å². The van der Waals surface area contributed by atoms with Crippen LogP contribution in [0.2, 0.25) is 0 Å². The van der Waals surface area contributed by atoms with Crippen LogP contribution in [0.5, 0.6) is 0 Å². The monoisotopic (exact) mass is 261 g/mol. The molecular weight excluding hydrogens is 249 g/mol. The first-order valence-electron chi connectivity index (χ1n) is 5.87. The number of nitriles is 1. The number of halogens is 1. The van der Waals surface area contributed by atoms with Gasteiger partial charge in [-0.2, -0.15) is 5.26 Å². The van der Waals surface area contributed by atoms with Gasteiger partial charge in [0.15, 0.2) is 0 Å². The second-order valence-electron chi connectivity index (χ2n) is 4.15. The molecule has 0 bridgehead atoms. The van der Waals surface area contributed by atoms with E-state index in [0.717, 1.165) is 4.90 Å². The van der Waals surface area contributed by atoms with E-state index in [-0.39, 0.29) is 29.5 Å². The van der Waals surface area contributed by atoms with Gasteiger partial charge in [-0.1, -0.05) is 6.07 Å². The van der Waals surface area contributed by atoms with Crippen molar-refractivity contribution in [3.8, 4) is 6.07 Å². The Kier molecular flexibility index (Phi) is 3.47.